The molecule has 5 rings (SSSR count). The molecule has 0 aliphatic carbocycles. The molecule has 0 amide bonds. The molecule has 0 atom stereocenters. The summed E-state index contributed by atoms with van der Waals surface area (Å²) in [6, 6.07) is 28.3. The third-order valence-corrected chi connectivity index (χ3v) is 19.7. The molecule has 53 heavy (non-hydrogen) atoms. The van der Waals surface area contributed by atoms with Crippen LogP contribution in [0.1, 0.15) is 113 Å². The van der Waals surface area contributed by atoms with Crippen molar-refractivity contribution < 1.29 is 30.0 Å². The van der Waals surface area contributed by atoms with E-state index in [-0.39, 0.29) is 48.9 Å². The van der Waals surface area contributed by atoms with Gasteiger partial charge in [0.1, 0.15) is 8.07 Å². The first-order chi connectivity index (χ1) is 24.7. The van der Waals surface area contributed by atoms with Gasteiger partial charge in [-0.15, -0.1) is 29.1 Å². The second-order valence-electron chi connectivity index (χ2n) is 16.0. The largest absolute Gasteiger partial charge is 0.512 e. The first-order valence-corrected chi connectivity index (χ1v) is 22.5. The number of carbonyl (C=O) groups is 1. The molecule has 0 fully saturated rings. The van der Waals surface area contributed by atoms with Crippen LogP contribution in [-0.2, 0) is 30.3 Å². The van der Waals surface area contributed by atoms with Crippen LogP contribution in [0.3, 0.4) is 0 Å². The summed E-state index contributed by atoms with van der Waals surface area (Å²) in [6.45, 7) is 27.1. The number of aromatic nitrogens is 1. The number of aliphatic hydroxyl groups is 1. The average Bonchev–Trinajstić information content (AvgIpc) is 3.45. The summed E-state index contributed by atoms with van der Waals surface area (Å²) in [5.41, 5.74) is 6.15. The molecular weight excluding hydrogens is 863 g/mol. The zero-order valence-corrected chi connectivity index (χ0v) is 38.4. The maximum absolute atomic E-state index is 11.7. The van der Waals surface area contributed by atoms with Gasteiger partial charge in [0, 0.05) is 54.6 Å². The van der Waals surface area contributed by atoms with Crippen molar-refractivity contribution >= 4 is 55.7 Å². The minimum absolute atomic E-state index is 0. The van der Waals surface area contributed by atoms with Crippen LogP contribution >= 0.6 is 11.3 Å². The maximum atomic E-state index is 11.7. The molecule has 3 aromatic carbocycles. The Morgan fingerprint density at radius 1 is 0.849 bits per heavy atom. The molecule has 1 N–H and O–H groups in total. The molecular formula is C47H62IrNO2SSi-. The van der Waals surface area contributed by atoms with Gasteiger partial charge in [-0.05, 0) is 70.6 Å². The molecule has 0 unspecified atom stereocenters. The quantitative estimate of drug-likeness (QED) is 0.0587. The SMILES string of the molecule is CCC(CC)C(=O)/C=C(\O)C(CC)CC.Cc1c([Si](c2ccccc2)(C(C)C)C(C)C)sc2c(-c3[c-]c4ccccc4c(C(C)(C)C)c3)nccc12.[Ir]. The van der Waals surface area contributed by atoms with E-state index in [2.05, 4.69) is 128 Å². The number of nitrogens with zero attached hydrogens (tertiary/aromatic N) is 1. The van der Waals surface area contributed by atoms with Gasteiger partial charge in [-0.3, -0.25) is 9.78 Å². The van der Waals surface area contributed by atoms with Crippen LogP contribution in [0, 0.1) is 24.8 Å². The van der Waals surface area contributed by atoms with Crippen LogP contribution in [0.5, 0.6) is 0 Å². The zero-order valence-electron chi connectivity index (χ0n) is 34.2. The Morgan fingerprint density at radius 3 is 1.96 bits per heavy atom. The Morgan fingerprint density at radius 2 is 1.42 bits per heavy atom. The van der Waals surface area contributed by atoms with Gasteiger partial charge in [-0.1, -0.05) is 141 Å². The minimum atomic E-state index is -2.06. The molecule has 0 bridgehead atoms. The number of ketones is 1. The van der Waals surface area contributed by atoms with Crippen LogP contribution in [0.2, 0.25) is 11.1 Å². The molecule has 0 aliphatic rings. The standard InChI is InChI=1S/C34H38NSSi.C13H24O2.Ir/c1-22(2)37(23(3)4,27-15-10-9-11-16-27)33-24(5)28-18-19-35-31(32(28)36-33)26-20-25-14-12-13-17-29(25)30(21-26)34(6,7)8;1-5-10(6-2)12(14)9-13(15)11(7-3)8-4;/h9-19,21-23H,1-8H3;9-11,14H,5-8H2,1-4H3;/q-1;;/b;12-9-;. The molecule has 3 nitrogen and oxygen atoms in total. The van der Waals surface area contributed by atoms with Gasteiger partial charge in [-0.2, -0.15) is 11.3 Å². The third-order valence-electron chi connectivity index (χ3n) is 11.2. The van der Waals surface area contributed by atoms with Gasteiger partial charge in [0.25, 0.3) is 0 Å². The molecule has 0 saturated heterocycles. The number of allylic oxidation sites excluding steroid dienone is 2. The predicted octanol–water partition coefficient (Wildman–Crippen LogP) is 12.8. The van der Waals surface area contributed by atoms with E-state index in [0.717, 1.165) is 42.3 Å². The molecule has 5 aromatic rings. The van der Waals surface area contributed by atoms with Crippen LogP contribution in [0.25, 0.3) is 32.1 Å². The van der Waals surface area contributed by atoms with E-state index >= 15 is 0 Å². The van der Waals surface area contributed by atoms with E-state index in [1.165, 1.54) is 37.9 Å². The Kier molecular flexibility index (Phi) is 16.0. The van der Waals surface area contributed by atoms with Crippen molar-refractivity contribution in [3.8, 4) is 11.3 Å². The number of fused-ring (bicyclic) bond motifs is 2. The number of pyridine rings is 1. The fourth-order valence-electron chi connectivity index (χ4n) is 8.19. The molecule has 1 radical (unpaired) electrons. The second-order valence-corrected chi connectivity index (χ2v) is 22.5. The topological polar surface area (TPSA) is 50.2 Å². The Hall–Kier alpha value is -2.89. The van der Waals surface area contributed by atoms with Crippen LogP contribution in [-0.4, -0.2) is 23.9 Å². The number of benzene rings is 3. The molecule has 0 saturated carbocycles. The van der Waals surface area contributed by atoms with E-state index in [1.54, 1.807) is 4.50 Å². The summed E-state index contributed by atoms with van der Waals surface area (Å²) in [5, 5.41) is 15.1. The number of thiophene rings is 1. The van der Waals surface area contributed by atoms with Crippen molar-refractivity contribution in [1.29, 1.82) is 0 Å². The molecule has 287 valence electrons. The third kappa shape index (κ3) is 9.32. The van der Waals surface area contributed by atoms with Gasteiger partial charge < -0.3 is 5.11 Å². The summed E-state index contributed by atoms with van der Waals surface area (Å²) in [7, 11) is -2.06. The van der Waals surface area contributed by atoms with Gasteiger partial charge in [0.05, 0.1) is 5.76 Å². The van der Waals surface area contributed by atoms with Gasteiger partial charge >= 0.3 is 0 Å². The van der Waals surface area contributed by atoms with Crippen molar-refractivity contribution in [2.45, 2.75) is 125 Å². The predicted molar refractivity (Wildman–Crippen MR) is 230 cm³/mol. The number of hydrogen-bond donors (Lipinski definition) is 1. The Bertz CT molecular complexity index is 1970. The fraction of sp³-hybridized carbons (Fsp3) is 0.447. The van der Waals surface area contributed by atoms with Crippen molar-refractivity contribution in [3.05, 3.63) is 102 Å². The summed E-state index contributed by atoms with van der Waals surface area (Å²) >= 11 is 2.00. The summed E-state index contributed by atoms with van der Waals surface area (Å²) in [6.07, 6.45) is 6.90. The molecule has 2 aromatic heterocycles. The number of aryl methyl sites for hydroxylation is 1. The fourth-order valence-corrected chi connectivity index (χ4v) is 17.5. The van der Waals surface area contributed by atoms with Crippen molar-refractivity contribution in [1.82, 2.24) is 4.98 Å². The van der Waals surface area contributed by atoms with Crippen LogP contribution in [0.4, 0.5) is 0 Å². The number of rotatable bonds is 12. The van der Waals surface area contributed by atoms with Crippen LogP contribution in [0.15, 0.2) is 84.8 Å². The van der Waals surface area contributed by atoms with E-state index in [4.69, 9.17) is 4.98 Å². The number of carbonyl (C=O) groups excluding carboxylic acids is 1. The molecule has 6 heteroatoms. The Labute approximate surface area is 339 Å². The van der Waals surface area contributed by atoms with Crippen LogP contribution < -0.4 is 9.69 Å². The van der Waals surface area contributed by atoms with E-state index < -0.39 is 8.07 Å². The van der Waals surface area contributed by atoms with Gasteiger partial charge in [0.15, 0.2) is 5.78 Å². The first-order valence-electron chi connectivity index (χ1n) is 19.5. The van der Waals surface area contributed by atoms with Gasteiger partial charge in [-0.25, -0.2) is 0 Å². The normalized spacial score (nSPS) is 12.5. The summed E-state index contributed by atoms with van der Waals surface area (Å²) in [5.74, 6) is 0.547. The number of aliphatic hydroxyl groups excluding tert-OH is 1. The first kappa shape index (κ1) is 44.5. The summed E-state index contributed by atoms with van der Waals surface area (Å²) in [4.78, 5) is 16.7. The molecule has 0 aliphatic heterocycles. The average molecular weight is 925 g/mol. The molecule has 2 heterocycles. The maximum Gasteiger partial charge on any atom is 0.162 e. The van der Waals surface area contributed by atoms with Gasteiger partial charge in [0.2, 0.25) is 0 Å². The zero-order chi connectivity index (χ0) is 38.4. The van der Waals surface area contributed by atoms with E-state index in [9.17, 15) is 9.90 Å². The van der Waals surface area contributed by atoms with Crippen molar-refractivity contribution in [3.63, 3.8) is 0 Å². The van der Waals surface area contributed by atoms with Crippen molar-refractivity contribution in [2.75, 3.05) is 0 Å². The number of hydrogen-bond acceptors (Lipinski definition) is 4. The van der Waals surface area contributed by atoms with Crippen molar-refractivity contribution in [2.24, 2.45) is 11.8 Å². The monoisotopic (exact) mass is 925 g/mol. The van der Waals surface area contributed by atoms with E-state index in [0.29, 0.717) is 11.1 Å². The summed E-state index contributed by atoms with van der Waals surface area (Å²) < 4.78 is 2.90. The smallest absolute Gasteiger partial charge is 0.162 e. The van der Waals surface area contributed by atoms with E-state index in [1.807, 2.05) is 45.2 Å². The minimum Gasteiger partial charge on any atom is -0.512 e. The second kappa shape index (κ2) is 19.1. The molecule has 0 spiro atoms. The Balaban J connectivity index is 0.000000403.